The predicted octanol–water partition coefficient (Wildman–Crippen LogP) is 1.23. The topological polar surface area (TPSA) is 50.7 Å². The van der Waals surface area contributed by atoms with E-state index in [2.05, 4.69) is 12.2 Å². The molecule has 0 fully saturated rings. The summed E-state index contributed by atoms with van der Waals surface area (Å²) >= 11 is 0. The van der Waals surface area contributed by atoms with Crippen molar-refractivity contribution in [1.29, 1.82) is 0 Å². The van der Waals surface area contributed by atoms with Crippen molar-refractivity contribution in [2.24, 2.45) is 0 Å². The van der Waals surface area contributed by atoms with Crippen LogP contribution in [0.25, 0.3) is 0 Å². The molecule has 0 amide bonds. The number of nitrogens with one attached hydrogen (secondary N) is 1. The number of fused-ring (bicyclic) bond motifs is 1. The Morgan fingerprint density at radius 2 is 2.12 bits per heavy atom. The van der Waals surface area contributed by atoms with E-state index in [4.69, 9.17) is 9.47 Å². The highest BCUT2D eigenvalue weighted by molar-refractivity contribution is 5.54. The van der Waals surface area contributed by atoms with Crippen molar-refractivity contribution in [3.63, 3.8) is 0 Å². The molecule has 0 spiro atoms. The Labute approximate surface area is 102 Å². The molecule has 0 radical (unpaired) electrons. The van der Waals surface area contributed by atoms with Gasteiger partial charge in [0.2, 0.25) is 0 Å². The average Bonchev–Trinajstić information content (AvgIpc) is 2.36. The van der Waals surface area contributed by atoms with Crippen LogP contribution in [0.4, 0.5) is 0 Å². The second-order valence-electron chi connectivity index (χ2n) is 4.37. The Balaban J connectivity index is 2.59. The lowest BCUT2D eigenvalue weighted by Crippen LogP contribution is -2.33. The van der Waals surface area contributed by atoms with E-state index >= 15 is 0 Å². The monoisotopic (exact) mass is 237 g/mol. The van der Waals surface area contributed by atoms with Crippen LogP contribution in [0.15, 0.2) is 6.07 Å². The number of aliphatic hydroxyl groups excluding tert-OH is 1. The fourth-order valence-electron chi connectivity index (χ4n) is 2.41. The van der Waals surface area contributed by atoms with Gasteiger partial charge >= 0.3 is 0 Å². The lowest BCUT2D eigenvalue weighted by Gasteiger charge is -2.27. The number of rotatable bonds is 3. The van der Waals surface area contributed by atoms with E-state index in [1.54, 1.807) is 14.2 Å². The van der Waals surface area contributed by atoms with E-state index in [1.807, 2.05) is 6.07 Å². The summed E-state index contributed by atoms with van der Waals surface area (Å²) in [5.41, 5.74) is 3.08. The molecule has 1 heterocycles. The predicted molar refractivity (Wildman–Crippen MR) is 65.5 cm³/mol. The Bertz CT molecular complexity index is 395. The molecule has 0 saturated carbocycles. The minimum absolute atomic E-state index is 0.0331. The first kappa shape index (κ1) is 12.2. The molecule has 1 aromatic carbocycles. The van der Waals surface area contributed by atoms with Crippen LogP contribution in [-0.2, 0) is 19.6 Å². The highest BCUT2D eigenvalue weighted by atomic mass is 16.5. The van der Waals surface area contributed by atoms with Crippen molar-refractivity contribution in [3.8, 4) is 11.5 Å². The van der Waals surface area contributed by atoms with Gasteiger partial charge in [0.1, 0.15) is 11.5 Å². The number of methoxy groups -OCH3 is 2. The summed E-state index contributed by atoms with van der Waals surface area (Å²) in [6, 6.07) is 2.27. The van der Waals surface area contributed by atoms with E-state index < -0.39 is 0 Å². The van der Waals surface area contributed by atoms with Crippen LogP contribution in [0.5, 0.6) is 11.5 Å². The molecule has 1 aromatic rings. The van der Waals surface area contributed by atoms with Crippen LogP contribution in [0.1, 0.15) is 23.6 Å². The summed E-state index contributed by atoms with van der Waals surface area (Å²) in [6.07, 6.45) is 0.892. The van der Waals surface area contributed by atoms with Crippen molar-refractivity contribution in [1.82, 2.24) is 5.32 Å². The smallest absolute Gasteiger partial charge is 0.128 e. The molecule has 4 nitrogen and oxygen atoms in total. The van der Waals surface area contributed by atoms with Crippen LogP contribution in [-0.4, -0.2) is 25.4 Å². The molecule has 2 rings (SSSR count). The average molecular weight is 237 g/mol. The SMILES string of the molecule is COc1cc(CO)c(OC)c2c1CNC(C)C2. The molecule has 2 N–H and O–H groups in total. The van der Waals surface area contributed by atoms with Crippen LogP contribution in [0.3, 0.4) is 0 Å². The van der Waals surface area contributed by atoms with Gasteiger partial charge < -0.3 is 19.9 Å². The molecule has 1 aliphatic rings. The first-order valence-corrected chi connectivity index (χ1v) is 5.81. The second-order valence-corrected chi connectivity index (χ2v) is 4.37. The second kappa shape index (κ2) is 4.94. The lowest BCUT2D eigenvalue weighted by atomic mass is 9.92. The molecule has 1 atom stereocenters. The van der Waals surface area contributed by atoms with E-state index in [1.165, 1.54) is 0 Å². The van der Waals surface area contributed by atoms with Crippen molar-refractivity contribution in [3.05, 3.63) is 22.8 Å². The van der Waals surface area contributed by atoms with E-state index in [0.29, 0.717) is 6.04 Å². The standard InChI is InChI=1S/C13H19NO3/c1-8-4-10-11(6-14-8)12(16-2)5-9(7-15)13(10)17-3/h5,8,14-15H,4,6-7H2,1-3H3. The minimum Gasteiger partial charge on any atom is -0.496 e. The van der Waals surface area contributed by atoms with Gasteiger partial charge in [-0.3, -0.25) is 0 Å². The molecular formula is C13H19NO3. The highest BCUT2D eigenvalue weighted by Crippen LogP contribution is 2.37. The molecule has 0 saturated heterocycles. The first-order chi connectivity index (χ1) is 8.21. The van der Waals surface area contributed by atoms with Gasteiger partial charge in [-0.1, -0.05) is 0 Å². The summed E-state index contributed by atoms with van der Waals surface area (Å²) in [5, 5.41) is 12.8. The molecular weight excluding hydrogens is 218 g/mol. The third kappa shape index (κ3) is 2.10. The van der Waals surface area contributed by atoms with Gasteiger partial charge in [0, 0.05) is 29.3 Å². The number of benzene rings is 1. The van der Waals surface area contributed by atoms with Crippen LogP contribution in [0, 0.1) is 0 Å². The zero-order valence-corrected chi connectivity index (χ0v) is 10.5. The zero-order valence-electron chi connectivity index (χ0n) is 10.5. The first-order valence-electron chi connectivity index (χ1n) is 5.81. The fourth-order valence-corrected chi connectivity index (χ4v) is 2.41. The van der Waals surface area contributed by atoms with E-state index in [0.717, 1.165) is 41.2 Å². The maximum Gasteiger partial charge on any atom is 0.128 e. The summed E-state index contributed by atoms with van der Waals surface area (Å²) in [6.45, 7) is 2.89. The fraction of sp³-hybridized carbons (Fsp3) is 0.538. The van der Waals surface area contributed by atoms with Gasteiger partial charge in [0.25, 0.3) is 0 Å². The van der Waals surface area contributed by atoms with Crippen molar-refractivity contribution >= 4 is 0 Å². The Morgan fingerprint density at radius 1 is 1.35 bits per heavy atom. The summed E-state index contributed by atoms with van der Waals surface area (Å²) in [4.78, 5) is 0. The van der Waals surface area contributed by atoms with Gasteiger partial charge in [-0.15, -0.1) is 0 Å². The number of hydrogen-bond donors (Lipinski definition) is 2. The number of ether oxygens (including phenoxy) is 2. The van der Waals surface area contributed by atoms with Gasteiger partial charge in [0.05, 0.1) is 20.8 Å². The van der Waals surface area contributed by atoms with E-state index in [9.17, 15) is 5.11 Å². The van der Waals surface area contributed by atoms with Gasteiger partial charge in [-0.05, 0) is 19.4 Å². The van der Waals surface area contributed by atoms with Crippen LogP contribution >= 0.6 is 0 Å². The normalized spacial score (nSPS) is 18.7. The van der Waals surface area contributed by atoms with Crippen LogP contribution < -0.4 is 14.8 Å². The molecule has 0 aromatic heterocycles. The van der Waals surface area contributed by atoms with Gasteiger partial charge in [-0.2, -0.15) is 0 Å². The van der Waals surface area contributed by atoms with Gasteiger partial charge in [-0.25, -0.2) is 0 Å². The highest BCUT2D eigenvalue weighted by Gasteiger charge is 2.24. The number of aliphatic hydroxyl groups is 1. The Hall–Kier alpha value is -1.26. The molecule has 94 valence electrons. The third-order valence-electron chi connectivity index (χ3n) is 3.26. The molecule has 1 unspecified atom stereocenters. The third-order valence-corrected chi connectivity index (χ3v) is 3.26. The van der Waals surface area contributed by atoms with Crippen LogP contribution in [0.2, 0.25) is 0 Å². The zero-order chi connectivity index (χ0) is 12.4. The van der Waals surface area contributed by atoms with Gasteiger partial charge in [0.15, 0.2) is 0 Å². The van der Waals surface area contributed by atoms with Crippen molar-refractivity contribution in [2.45, 2.75) is 32.5 Å². The molecule has 0 aliphatic carbocycles. The quantitative estimate of drug-likeness (QED) is 0.830. The Kier molecular flexibility index (Phi) is 3.54. The molecule has 4 heteroatoms. The molecule has 0 bridgehead atoms. The summed E-state index contributed by atoms with van der Waals surface area (Å²) in [5.74, 6) is 1.63. The molecule has 17 heavy (non-hydrogen) atoms. The maximum absolute atomic E-state index is 9.39. The minimum atomic E-state index is -0.0331. The number of hydrogen-bond acceptors (Lipinski definition) is 4. The van der Waals surface area contributed by atoms with Crippen molar-refractivity contribution < 1.29 is 14.6 Å². The Morgan fingerprint density at radius 3 is 2.71 bits per heavy atom. The molecule has 1 aliphatic heterocycles. The maximum atomic E-state index is 9.39. The lowest BCUT2D eigenvalue weighted by molar-refractivity contribution is 0.271. The van der Waals surface area contributed by atoms with E-state index in [-0.39, 0.29) is 6.61 Å². The van der Waals surface area contributed by atoms with Crippen molar-refractivity contribution in [2.75, 3.05) is 14.2 Å². The summed E-state index contributed by atoms with van der Waals surface area (Å²) in [7, 11) is 3.30. The largest absolute Gasteiger partial charge is 0.496 e. The summed E-state index contributed by atoms with van der Waals surface area (Å²) < 4.78 is 10.8.